The van der Waals surface area contributed by atoms with Crippen molar-refractivity contribution in [3.05, 3.63) is 97.2 Å². The summed E-state index contributed by atoms with van der Waals surface area (Å²) in [4.78, 5) is 37.7. The van der Waals surface area contributed by atoms with Gasteiger partial charge in [-0.05, 0) is 96.3 Å². The number of likely N-dealkylation sites (N-methyl/N-ethyl adjacent to an activating group) is 1. The molecule has 0 amide bonds. The van der Waals surface area contributed by atoms with Crippen LogP contribution in [0.4, 0.5) is 0 Å². The summed E-state index contributed by atoms with van der Waals surface area (Å²) in [6.07, 6.45) is 94.0. The van der Waals surface area contributed by atoms with Crippen LogP contribution in [0.15, 0.2) is 97.2 Å². The Hall–Kier alpha value is -3.79. The number of esters is 2. The summed E-state index contributed by atoms with van der Waals surface area (Å²) in [5.41, 5.74) is 0. The third kappa shape index (κ3) is 71.5. The standard InChI is InChI=1S/C80H141NO8/c1-6-8-10-12-14-16-18-20-22-24-26-28-30-31-32-33-34-35-36-37-38-39-40-41-42-43-44-45-46-47-49-51-53-55-57-59-61-63-65-67-69-71-78(83)89-76(75-88-80(79(84)85)86-73-72-81(3,4)5)74-87-77(82)70-68-66-64-62-60-58-56-54-52-50-48-29-27-25-23-21-19-17-15-13-11-9-7-2/h8,10,14,16,19-22,25-28,31-32,34-35,76,80H,6-7,9,11-13,15,17-18,23-24,29-30,33,36-75H2,1-5H3/p+1/b10-8-,16-14-,21-19-,22-20-,27-25-,28-26-,32-31-,35-34-. The van der Waals surface area contributed by atoms with Crippen molar-refractivity contribution in [2.45, 2.75) is 347 Å². The fourth-order valence-electron chi connectivity index (χ4n) is 10.6. The first-order valence-electron chi connectivity index (χ1n) is 37.4. The van der Waals surface area contributed by atoms with Crippen molar-refractivity contribution in [1.29, 1.82) is 0 Å². The van der Waals surface area contributed by atoms with E-state index in [0.717, 1.165) is 83.5 Å². The predicted octanol–water partition coefficient (Wildman–Crippen LogP) is 23.6. The van der Waals surface area contributed by atoms with Crippen LogP contribution in [0, 0.1) is 0 Å². The molecule has 9 nitrogen and oxygen atoms in total. The van der Waals surface area contributed by atoms with E-state index in [1.165, 1.54) is 225 Å². The molecule has 0 aliphatic heterocycles. The largest absolute Gasteiger partial charge is 0.477 e. The summed E-state index contributed by atoms with van der Waals surface area (Å²) in [6, 6.07) is 0. The molecule has 0 aliphatic carbocycles. The predicted molar refractivity (Wildman–Crippen MR) is 382 cm³/mol. The summed E-state index contributed by atoms with van der Waals surface area (Å²) in [6.45, 7) is 4.79. The van der Waals surface area contributed by atoms with Gasteiger partial charge in [-0.1, -0.05) is 323 Å². The Morgan fingerprint density at radius 2 is 0.640 bits per heavy atom. The van der Waals surface area contributed by atoms with Crippen LogP contribution in [0.2, 0.25) is 0 Å². The van der Waals surface area contributed by atoms with Crippen LogP contribution in [0.5, 0.6) is 0 Å². The molecule has 0 saturated heterocycles. The van der Waals surface area contributed by atoms with Crippen molar-refractivity contribution in [2.75, 3.05) is 47.5 Å². The molecule has 0 bridgehead atoms. The number of aliphatic carboxylic acids is 1. The van der Waals surface area contributed by atoms with Gasteiger partial charge in [0.2, 0.25) is 0 Å². The van der Waals surface area contributed by atoms with Crippen LogP contribution in [0.25, 0.3) is 0 Å². The van der Waals surface area contributed by atoms with Gasteiger partial charge in [-0.3, -0.25) is 9.59 Å². The lowest BCUT2D eigenvalue weighted by atomic mass is 10.0. The van der Waals surface area contributed by atoms with Crippen molar-refractivity contribution in [2.24, 2.45) is 0 Å². The van der Waals surface area contributed by atoms with E-state index < -0.39 is 24.3 Å². The minimum atomic E-state index is -1.51. The molecule has 2 unspecified atom stereocenters. The number of carbonyl (C=O) groups is 3. The van der Waals surface area contributed by atoms with Crippen LogP contribution in [0.1, 0.15) is 335 Å². The molecule has 0 aliphatic rings. The molecule has 0 fully saturated rings. The zero-order valence-corrected chi connectivity index (χ0v) is 58.8. The summed E-state index contributed by atoms with van der Waals surface area (Å²) in [7, 11) is 5.98. The number of allylic oxidation sites excluding steroid dienone is 16. The fourth-order valence-corrected chi connectivity index (χ4v) is 10.6. The maximum atomic E-state index is 13.0. The molecule has 0 radical (unpaired) electrons. The number of carbonyl (C=O) groups excluding carboxylic acids is 2. The van der Waals surface area contributed by atoms with Gasteiger partial charge in [0.15, 0.2) is 6.10 Å². The number of nitrogens with zero attached hydrogens (tertiary/aromatic N) is 1. The topological polar surface area (TPSA) is 108 Å². The lowest BCUT2D eigenvalue weighted by Crippen LogP contribution is -2.40. The zero-order valence-electron chi connectivity index (χ0n) is 58.8. The summed E-state index contributed by atoms with van der Waals surface area (Å²) < 4.78 is 23.0. The van der Waals surface area contributed by atoms with Gasteiger partial charge in [0.05, 0.1) is 34.4 Å². The third-order valence-corrected chi connectivity index (χ3v) is 16.3. The first-order valence-corrected chi connectivity index (χ1v) is 37.4. The number of quaternary nitrogens is 1. The molecule has 0 rings (SSSR count). The van der Waals surface area contributed by atoms with Gasteiger partial charge >= 0.3 is 17.9 Å². The van der Waals surface area contributed by atoms with Crippen LogP contribution < -0.4 is 0 Å². The molecule has 2 atom stereocenters. The Morgan fingerprint density at radius 3 is 0.955 bits per heavy atom. The minimum absolute atomic E-state index is 0.182. The number of carboxylic acid groups (broad SMARTS) is 1. The van der Waals surface area contributed by atoms with E-state index >= 15 is 0 Å². The molecule has 0 aromatic heterocycles. The first-order chi connectivity index (χ1) is 43.6. The van der Waals surface area contributed by atoms with E-state index in [1.54, 1.807) is 0 Å². The van der Waals surface area contributed by atoms with E-state index in [0.29, 0.717) is 17.4 Å². The van der Waals surface area contributed by atoms with Gasteiger partial charge in [-0.15, -0.1) is 0 Å². The Balaban J connectivity index is 4.00. The Morgan fingerprint density at radius 1 is 0.348 bits per heavy atom. The van der Waals surface area contributed by atoms with E-state index in [9.17, 15) is 19.5 Å². The SMILES string of the molecule is CC/C=C\C/C=C\C/C=C\C/C=C\C/C=C\C/C=C\CCCCCCCCCCCCCCCCCCCCCCCCC(=O)OC(COC(=O)CCCCCCCCCCCCC/C=C\C/C=C\CCCCCCC)COC(OCC[N+](C)(C)C)C(=O)O. The van der Waals surface area contributed by atoms with Gasteiger partial charge in [0.25, 0.3) is 6.29 Å². The molecule has 9 heteroatoms. The molecule has 0 saturated carbocycles. The third-order valence-electron chi connectivity index (χ3n) is 16.3. The molecule has 514 valence electrons. The maximum absolute atomic E-state index is 13.0. The van der Waals surface area contributed by atoms with Crippen molar-refractivity contribution >= 4 is 17.9 Å². The molecular formula is C80H142NO8+. The van der Waals surface area contributed by atoms with Gasteiger partial charge in [-0.2, -0.15) is 0 Å². The highest BCUT2D eigenvalue weighted by Crippen LogP contribution is 2.18. The Labute approximate surface area is 550 Å². The number of carboxylic acids is 1. The minimum Gasteiger partial charge on any atom is -0.477 e. The van der Waals surface area contributed by atoms with Gasteiger partial charge in [0, 0.05) is 12.8 Å². The van der Waals surface area contributed by atoms with Gasteiger partial charge in [-0.25, -0.2) is 4.79 Å². The van der Waals surface area contributed by atoms with E-state index in [-0.39, 0.29) is 32.2 Å². The highest BCUT2D eigenvalue weighted by Gasteiger charge is 2.25. The lowest BCUT2D eigenvalue weighted by molar-refractivity contribution is -0.870. The molecule has 0 aromatic carbocycles. The smallest absolute Gasteiger partial charge is 0.361 e. The lowest BCUT2D eigenvalue weighted by Gasteiger charge is -2.25. The number of hydrogen-bond acceptors (Lipinski definition) is 7. The fraction of sp³-hybridized carbons (Fsp3) is 0.762. The highest BCUT2D eigenvalue weighted by molar-refractivity contribution is 5.71. The summed E-state index contributed by atoms with van der Waals surface area (Å²) in [5.74, 6) is -1.99. The van der Waals surface area contributed by atoms with Crippen LogP contribution in [0.3, 0.4) is 0 Å². The van der Waals surface area contributed by atoms with Crippen LogP contribution in [-0.2, 0) is 33.3 Å². The Kier molecular flexibility index (Phi) is 67.1. The van der Waals surface area contributed by atoms with Crippen molar-refractivity contribution in [3.8, 4) is 0 Å². The molecule has 1 N–H and O–H groups in total. The van der Waals surface area contributed by atoms with Gasteiger partial charge in [0.1, 0.15) is 13.2 Å². The monoisotopic (exact) mass is 1250 g/mol. The maximum Gasteiger partial charge on any atom is 0.361 e. The first kappa shape index (κ1) is 85.2. The highest BCUT2D eigenvalue weighted by atomic mass is 16.7. The second-order valence-corrected chi connectivity index (χ2v) is 26.2. The number of hydrogen-bond donors (Lipinski definition) is 1. The van der Waals surface area contributed by atoms with E-state index in [2.05, 4.69) is 111 Å². The van der Waals surface area contributed by atoms with E-state index in [1.807, 2.05) is 21.1 Å². The van der Waals surface area contributed by atoms with Crippen LogP contribution in [-0.4, -0.2) is 87.4 Å². The average molecular weight is 1250 g/mol. The molecule has 0 aromatic rings. The molecule has 0 heterocycles. The van der Waals surface area contributed by atoms with Crippen molar-refractivity contribution in [1.82, 2.24) is 0 Å². The molecule has 89 heavy (non-hydrogen) atoms. The molecular weight excluding hydrogens is 1100 g/mol. The number of ether oxygens (including phenoxy) is 4. The second kappa shape index (κ2) is 70.1. The van der Waals surface area contributed by atoms with E-state index in [4.69, 9.17) is 18.9 Å². The quantitative estimate of drug-likeness (QED) is 0.0211. The van der Waals surface area contributed by atoms with Gasteiger partial charge < -0.3 is 28.5 Å². The molecule has 0 spiro atoms. The normalized spacial score (nSPS) is 13.2. The van der Waals surface area contributed by atoms with Crippen molar-refractivity contribution in [3.63, 3.8) is 0 Å². The average Bonchev–Trinajstić information content (AvgIpc) is 3.64. The zero-order chi connectivity index (χ0) is 64.7. The van der Waals surface area contributed by atoms with Crippen molar-refractivity contribution < 1.29 is 42.9 Å². The Bertz CT molecular complexity index is 1790. The summed E-state index contributed by atoms with van der Waals surface area (Å²) in [5, 5.41) is 9.75. The van der Waals surface area contributed by atoms with Crippen LogP contribution >= 0.6 is 0 Å². The number of unbranched alkanes of at least 4 members (excludes halogenated alkanes) is 38. The second-order valence-electron chi connectivity index (χ2n) is 26.2. The summed E-state index contributed by atoms with van der Waals surface area (Å²) >= 11 is 0. The number of rotatable bonds is 69.